The van der Waals surface area contributed by atoms with Crippen molar-refractivity contribution in [2.45, 2.75) is 26.2 Å². The van der Waals surface area contributed by atoms with E-state index in [1.807, 2.05) is 37.3 Å². The number of carbonyl (C=O) groups excluding carboxylic acids is 3. The lowest BCUT2D eigenvalue weighted by Crippen LogP contribution is -2.36. The molecular formula is C21H24N2O4. The zero-order valence-corrected chi connectivity index (χ0v) is 15.4. The van der Waals surface area contributed by atoms with Crippen LogP contribution < -0.4 is 10.6 Å². The molecular weight excluding hydrogens is 344 g/mol. The summed E-state index contributed by atoms with van der Waals surface area (Å²) in [5.74, 6) is -2.10. The van der Waals surface area contributed by atoms with Gasteiger partial charge in [-0.05, 0) is 30.5 Å². The number of carbonyl (C=O) groups is 3. The van der Waals surface area contributed by atoms with Crippen molar-refractivity contribution < 1.29 is 19.1 Å². The summed E-state index contributed by atoms with van der Waals surface area (Å²) in [6, 6.07) is 16.1. The van der Waals surface area contributed by atoms with E-state index in [1.54, 1.807) is 24.3 Å². The van der Waals surface area contributed by atoms with Crippen molar-refractivity contribution in [2.75, 3.05) is 18.5 Å². The first-order valence-corrected chi connectivity index (χ1v) is 9.01. The molecule has 2 aromatic rings. The summed E-state index contributed by atoms with van der Waals surface area (Å²) < 4.78 is 5.17. The maximum Gasteiger partial charge on any atom is 0.340 e. The molecule has 0 saturated carbocycles. The third-order valence-electron chi connectivity index (χ3n) is 3.87. The topological polar surface area (TPSA) is 84.5 Å². The molecule has 2 N–H and O–H groups in total. The first kappa shape index (κ1) is 20.2. The third kappa shape index (κ3) is 6.58. The Bertz CT molecular complexity index is 775. The van der Waals surface area contributed by atoms with Crippen LogP contribution in [-0.2, 0) is 20.7 Å². The fourth-order valence-electron chi connectivity index (χ4n) is 2.38. The van der Waals surface area contributed by atoms with Crippen molar-refractivity contribution in [1.29, 1.82) is 0 Å². The number of unbranched alkanes of at least 4 members (excludes halogenated alkanes) is 1. The normalized spacial score (nSPS) is 10.1. The number of hydrogen-bond donors (Lipinski definition) is 2. The molecule has 0 aliphatic carbocycles. The van der Waals surface area contributed by atoms with Gasteiger partial charge in [-0.2, -0.15) is 0 Å². The SMILES string of the molecule is CCCCOC(=O)c1ccccc1NC(=O)C(=O)NCCc1ccccc1. The Hall–Kier alpha value is -3.15. The molecule has 0 heterocycles. The van der Waals surface area contributed by atoms with Crippen LogP contribution in [0.2, 0.25) is 0 Å². The third-order valence-corrected chi connectivity index (χ3v) is 3.87. The van der Waals surface area contributed by atoms with E-state index in [0.717, 1.165) is 18.4 Å². The van der Waals surface area contributed by atoms with E-state index in [1.165, 1.54) is 0 Å². The van der Waals surface area contributed by atoms with E-state index in [0.29, 0.717) is 19.6 Å². The van der Waals surface area contributed by atoms with E-state index >= 15 is 0 Å². The van der Waals surface area contributed by atoms with Crippen LogP contribution in [0.15, 0.2) is 54.6 Å². The molecule has 0 aromatic heterocycles. The van der Waals surface area contributed by atoms with E-state index < -0.39 is 17.8 Å². The lowest BCUT2D eigenvalue weighted by molar-refractivity contribution is -0.136. The summed E-state index contributed by atoms with van der Waals surface area (Å²) in [5, 5.41) is 5.05. The fraction of sp³-hybridized carbons (Fsp3) is 0.286. The molecule has 0 atom stereocenters. The number of hydrogen-bond acceptors (Lipinski definition) is 4. The summed E-state index contributed by atoms with van der Waals surface area (Å²) in [5.41, 5.74) is 1.54. The van der Waals surface area contributed by atoms with Gasteiger partial charge in [0, 0.05) is 6.54 Å². The van der Waals surface area contributed by atoms with Crippen molar-refractivity contribution in [3.8, 4) is 0 Å². The summed E-state index contributed by atoms with van der Waals surface area (Å²) in [4.78, 5) is 36.3. The molecule has 2 aromatic carbocycles. The number of benzene rings is 2. The molecule has 0 spiro atoms. The average molecular weight is 368 g/mol. The van der Waals surface area contributed by atoms with Gasteiger partial charge in [0.15, 0.2) is 0 Å². The van der Waals surface area contributed by atoms with E-state index in [9.17, 15) is 14.4 Å². The van der Waals surface area contributed by atoms with Gasteiger partial charge < -0.3 is 15.4 Å². The first-order chi connectivity index (χ1) is 13.1. The molecule has 27 heavy (non-hydrogen) atoms. The largest absolute Gasteiger partial charge is 0.462 e. The van der Waals surface area contributed by atoms with Crippen LogP contribution in [0.5, 0.6) is 0 Å². The predicted octanol–water partition coefficient (Wildman–Crippen LogP) is 2.94. The first-order valence-electron chi connectivity index (χ1n) is 9.01. The smallest absolute Gasteiger partial charge is 0.340 e. The number of anilines is 1. The highest BCUT2D eigenvalue weighted by Crippen LogP contribution is 2.16. The quantitative estimate of drug-likeness (QED) is 0.426. The van der Waals surface area contributed by atoms with Crippen molar-refractivity contribution >= 4 is 23.5 Å². The van der Waals surface area contributed by atoms with Crippen LogP contribution in [0.4, 0.5) is 5.69 Å². The second kappa shape index (κ2) is 10.8. The van der Waals surface area contributed by atoms with Gasteiger partial charge in [0.25, 0.3) is 0 Å². The number of nitrogens with one attached hydrogen (secondary N) is 2. The van der Waals surface area contributed by atoms with Crippen LogP contribution in [0.3, 0.4) is 0 Å². The Morgan fingerprint density at radius 1 is 0.926 bits per heavy atom. The van der Waals surface area contributed by atoms with E-state index in [-0.39, 0.29) is 11.3 Å². The van der Waals surface area contributed by atoms with Crippen LogP contribution in [0.25, 0.3) is 0 Å². The van der Waals surface area contributed by atoms with Gasteiger partial charge in [0.1, 0.15) is 0 Å². The Kier molecular flexibility index (Phi) is 8.03. The minimum atomic E-state index is -0.822. The maximum absolute atomic E-state index is 12.1. The van der Waals surface area contributed by atoms with E-state index in [4.69, 9.17) is 4.74 Å². The maximum atomic E-state index is 12.1. The Balaban J connectivity index is 1.89. The van der Waals surface area contributed by atoms with Gasteiger partial charge >= 0.3 is 17.8 Å². The summed E-state index contributed by atoms with van der Waals surface area (Å²) in [6.45, 7) is 2.66. The molecule has 6 nitrogen and oxygen atoms in total. The summed E-state index contributed by atoms with van der Waals surface area (Å²) in [6.07, 6.45) is 2.30. The summed E-state index contributed by atoms with van der Waals surface area (Å²) >= 11 is 0. The zero-order valence-electron chi connectivity index (χ0n) is 15.4. The molecule has 0 aliphatic heterocycles. The molecule has 0 bridgehead atoms. The Morgan fingerprint density at radius 3 is 2.37 bits per heavy atom. The molecule has 2 amide bonds. The molecule has 142 valence electrons. The number of ether oxygens (including phenoxy) is 1. The minimum absolute atomic E-state index is 0.221. The van der Waals surface area contributed by atoms with E-state index in [2.05, 4.69) is 10.6 Å². The molecule has 0 unspecified atom stereocenters. The van der Waals surface area contributed by atoms with Crippen molar-refractivity contribution in [3.05, 3.63) is 65.7 Å². The highest BCUT2D eigenvalue weighted by Gasteiger charge is 2.18. The van der Waals surface area contributed by atoms with Crippen LogP contribution in [-0.4, -0.2) is 30.9 Å². The number of para-hydroxylation sites is 1. The van der Waals surface area contributed by atoms with Gasteiger partial charge in [-0.25, -0.2) is 4.79 Å². The fourth-order valence-corrected chi connectivity index (χ4v) is 2.38. The molecule has 2 rings (SSSR count). The highest BCUT2D eigenvalue weighted by molar-refractivity contribution is 6.40. The van der Waals surface area contributed by atoms with Crippen molar-refractivity contribution in [2.24, 2.45) is 0 Å². The standard InChI is InChI=1S/C21H24N2O4/c1-2-3-15-27-21(26)17-11-7-8-12-18(17)23-20(25)19(24)22-14-13-16-9-5-4-6-10-16/h4-12H,2-3,13-15H2,1H3,(H,22,24)(H,23,25). The predicted molar refractivity (Wildman–Crippen MR) is 103 cm³/mol. The van der Waals surface area contributed by atoms with Crippen LogP contribution in [0, 0.1) is 0 Å². The molecule has 0 radical (unpaired) electrons. The second-order valence-electron chi connectivity index (χ2n) is 5.98. The average Bonchev–Trinajstić information content (AvgIpc) is 2.69. The van der Waals surface area contributed by atoms with Gasteiger partial charge in [-0.3, -0.25) is 9.59 Å². The van der Waals surface area contributed by atoms with Crippen LogP contribution in [0.1, 0.15) is 35.7 Å². The van der Waals surface area contributed by atoms with Crippen molar-refractivity contribution in [3.63, 3.8) is 0 Å². The monoisotopic (exact) mass is 368 g/mol. The number of rotatable bonds is 8. The highest BCUT2D eigenvalue weighted by atomic mass is 16.5. The second-order valence-corrected chi connectivity index (χ2v) is 5.98. The lowest BCUT2D eigenvalue weighted by Gasteiger charge is -2.11. The Labute approximate surface area is 158 Å². The van der Waals surface area contributed by atoms with Gasteiger partial charge in [-0.1, -0.05) is 55.8 Å². The van der Waals surface area contributed by atoms with Gasteiger partial charge in [0.2, 0.25) is 0 Å². The summed E-state index contributed by atoms with van der Waals surface area (Å²) in [7, 11) is 0. The van der Waals surface area contributed by atoms with Gasteiger partial charge in [-0.15, -0.1) is 0 Å². The van der Waals surface area contributed by atoms with Crippen LogP contribution >= 0.6 is 0 Å². The Morgan fingerprint density at radius 2 is 1.63 bits per heavy atom. The molecule has 6 heteroatoms. The van der Waals surface area contributed by atoms with Crippen molar-refractivity contribution in [1.82, 2.24) is 5.32 Å². The van der Waals surface area contributed by atoms with Gasteiger partial charge in [0.05, 0.1) is 17.9 Å². The number of esters is 1. The molecule has 0 saturated heterocycles. The molecule has 0 aliphatic rings. The molecule has 0 fully saturated rings. The minimum Gasteiger partial charge on any atom is -0.462 e. The number of amides is 2. The lowest BCUT2D eigenvalue weighted by atomic mass is 10.1. The zero-order chi connectivity index (χ0) is 19.5.